The van der Waals surface area contributed by atoms with Crippen molar-refractivity contribution in [3.05, 3.63) is 83.8 Å². The van der Waals surface area contributed by atoms with E-state index in [-0.39, 0.29) is 12.3 Å². The van der Waals surface area contributed by atoms with E-state index in [0.717, 1.165) is 33.9 Å². The third kappa shape index (κ3) is 5.48. The van der Waals surface area contributed by atoms with Crippen LogP contribution in [0.5, 0.6) is 5.75 Å². The van der Waals surface area contributed by atoms with E-state index in [9.17, 15) is 13.2 Å². The molecule has 4 rings (SSSR count). The molecule has 0 aliphatic rings. The fourth-order valence-electron chi connectivity index (χ4n) is 3.16. The maximum absolute atomic E-state index is 12.6. The number of ether oxygens (including phenoxy) is 1. The molecule has 2 aromatic carbocycles. The maximum atomic E-state index is 12.6. The minimum atomic E-state index is -4.73. The van der Waals surface area contributed by atoms with Gasteiger partial charge in [0.15, 0.2) is 0 Å². The molecular weight excluding hydrogens is 407 g/mol. The molecule has 0 aliphatic carbocycles. The number of benzene rings is 2. The first kappa shape index (κ1) is 20.6. The first-order valence-corrected chi connectivity index (χ1v) is 9.63. The Kier molecular flexibility index (Phi) is 5.70. The lowest BCUT2D eigenvalue weighted by molar-refractivity contribution is -0.274. The fraction of sp³-hybridized carbons (Fsp3) is 0.174. The molecule has 160 valence electrons. The molecule has 4 aromatic rings. The zero-order valence-corrected chi connectivity index (χ0v) is 16.7. The molecule has 5 nitrogen and oxygen atoms in total. The summed E-state index contributed by atoms with van der Waals surface area (Å²) in [6, 6.07) is 19.3. The molecular formula is C23H20F3N3O2. The Hall–Kier alpha value is -3.68. The average molecular weight is 427 g/mol. The summed E-state index contributed by atoms with van der Waals surface area (Å²) in [4.78, 5) is 4.59. The Morgan fingerprint density at radius 1 is 0.935 bits per heavy atom. The van der Waals surface area contributed by atoms with E-state index >= 15 is 0 Å². The number of para-hydroxylation sites is 1. The van der Waals surface area contributed by atoms with Crippen LogP contribution in [0.3, 0.4) is 0 Å². The minimum Gasteiger partial charge on any atom is -0.465 e. The molecule has 0 bridgehead atoms. The van der Waals surface area contributed by atoms with Gasteiger partial charge in [-0.25, -0.2) is 4.98 Å². The molecule has 2 aromatic heterocycles. The number of aromatic nitrogens is 1. The highest BCUT2D eigenvalue weighted by Crippen LogP contribution is 2.27. The Morgan fingerprint density at radius 2 is 1.77 bits per heavy atom. The molecule has 2 N–H and O–H groups in total. The predicted octanol–water partition coefficient (Wildman–Crippen LogP) is 6.26. The van der Waals surface area contributed by atoms with Crippen molar-refractivity contribution in [2.45, 2.75) is 26.4 Å². The lowest BCUT2D eigenvalue weighted by Crippen LogP contribution is -2.18. The first-order valence-electron chi connectivity index (χ1n) is 9.63. The van der Waals surface area contributed by atoms with Crippen LogP contribution >= 0.6 is 0 Å². The van der Waals surface area contributed by atoms with Gasteiger partial charge in [-0.1, -0.05) is 18.2 Å². The van der Waals surface area contributed by atoms with Gasteiger partial charge in [0, 0.05) is 23.2 Å². The van der Waals surface area contributed by atoms with Crippen molar-refractivity contribution in [2.24, 2.45) is 0 Å². The van der Waals surface area contributed by atoms with Crippen LogP contribution in [0.15, 0.2) is 71.1 Å². The predicted molar refractivity (Wildman–Crippen MR) is 113 cm³/mol. The maximum Gasteiger partial charge on any atom is 0.573 e. The van der Waals surface area contributed by atoms with Crippen LogP contribution in [0.2, 0.25) is 0 Å². The summed E-state index contributed by atoms with van der Waals surface area (Å²) in [5.74, 6) is 2.19. The van der Waals surface area contributed by atoms with Crippen molar-refractivity contribution in [2.75, 3.05) is 10.6 Å². The number of furan rings is 1. The second-order valence-electron chi connectivity index (χ2n) is 6.98. The van der Waals surface area contributed by atoms with Crippen LogP contribution in [0.1, 0.15) is 17.1 Å². The standard InChI is InChI=1S/C23H20F3N3O2/c1-15-6-9-19(30-15)14-28-22-11-7-16-12-18(8-10-20(16)29-22)27-13-17-4-2-3-5-21(17)31-23(24,25)26/h2-12,27H,13-14H2,1H3,(H,28,29). The lowest BCUT2D eigenvalue weighted by atomic mass is 10.1. The van der Waals surface area contributed by atoms with Gasteiger partial charge in [0.25, 0.3) is 0 Å². The number of hydrogen-bond acceptors (Lipinski definition) is 5. The van der Waals surface area contributed by atoms with E-state index in [0.29, 0.717) is 12.1 Å². The number of halogens is 3. The van der Waals surface area contributed by atoms with Crippen LogP contribution in [0, 0.1) is 6.92 Å². The number of nitrogens with one attached hydrogen (secondary N) is 2. The first-order chi connectivity index (χ1) is 14.9. The highest BCUT2D eigenvalue weighted by molar-refractivity contribution is 5.83. The SMILES string of the molecule is Cc1ccc(CNc2ccc3cc(NCc4ccccc4OC(F)(F)F)ccc3n2)o1. The van der Waals surface area contributed by atoms with E-state index < -0.39 is 6.36 Å². The molecule has 0 amide bonds. The molecule has 0 spiro atoms. The Labute approximate surface area is 176 Å². The van der Waals surface area contributed by atoms with Gasteiger partial charge in [-0.15, -0.1) is 13.2 Å². The summed E-state index contributed by atoms with van der Waals surface area (Å²) in [7, 11) is 0. The Morgan fingerprint density at radius 3 is 2.55 bits per heavy atom. The molecule has 0 aliphatic heterocycles. The zero-order chi connectivity index (χ0) is 21.8. The molecule has 0 atom stereocenters. The number of aryl methyl sites for hydroxylation is 1. The fourth-order valence-corrected chi connectivity index (χ4v) is 3.16. The highest BCUT2D eigenvalue weighted by atomic mass is 19.4. The number of fused-ring (bicyclic) bond motifs is 1. The molecule has 8 heteroatoms. The van der Waals surface area contributed by atoms with Gasteiger partial charge in [-0.3, -0.25) is 0 Å². The van der Waals surface area contributed by atoms with Gasteiger partial charge in [-0.2, -0.15) is 0 Å². The largest absolute Gasteiger partial charge is 0.573 e. The van der Waals surface area contributed by atoms with Crippen molar-refractivity contribution in [3.63, 3.8) is 0 Å². The summed E-state index contributed by atoms with van der Waals surface area (Å²) in [5, 5.41) is 7.27. The summed E-state index contributed by atoms with van der Waals surface area (Å²) < 4.78 is 47.4. The molecule has 31 heavy (non-hydrogen) atoms. The summed E-state index contributed by atoms with van der Waals surface area (Å²) in [6.07, 6.45) is -4.73. The van der Waals surface area contributed by atoms with Crippen LogP contribution in [-0.2, 0) is 13.1 Å². The van der Waals surface area contributed by atoms with Crippen LogP contribution in [0.25, 0.3) is 10.9 Å². The third-order valence-corrected chi connectivity index (χ3v) is 4.61. The van der Waals surface area contributed by atoms with Crippen molar-refractivity contribution < 1.29 is 22.3 Å². The van der Waals surface area contributed by atoms with Gasteiger partial charge in [-0.05, 0) is 55.5 Å². The summed E-state index contributed by atoms with van der Waals surface area (Å²) >= 11 is 0. The van der Waals surface area contributed by atoms with Crippen LogP contribution in [0.4, 0.5) is 24.7 Å². The smallest absolute Gasteiger partial charge is 0.465 e. The second-order valence-corrected chi connectivity index (χ2v) is 6.98. The zero-order valence-electron chi connectivity index (χ0n) is 16.7. The van der Waals surface area contributed by atoms with E-state index in [1.165, 1.54) is 12.1 Å². The van der Waals surface area contributed by atoms with Crippen molar-refractivity contribution in [1.29, 1.82) is 0 Å². The Bertz CT molecular complexity index is 1190. The topological polar surface area (TPSA) is 59.3 Å². The van der Waals surface area contributed by atoms with Gasteiger partial charge in [0.1, 0.15) is 23.1 Å². The number of rotatable bonds is 7. The molecule has 0 saturated carbocycles. The Balaban J connectivity index is 1.43. The summed E-state index contributed by atoms with van der Waals surface area (Å²) in [5.41, 5.74) is 1.97. The number of pyridine rings is 1. The highest BCUT2D eigenvalue weighted by Gasteiger charge is 2.31. The van der Waals surface area contributed by atoms with Crippen molar-refractivity contribution in [1.82, 2.24) is 4.98 Å². The van der Waals surface area contributed by atoms with E-state index in [1.54, 1.807) is 12.1 Å². The van der Waals surface area contributed by atoms with E-state index in [4.69, 9.17) is 4.42 Å². The second kappa shape index (κ2) is 8.59. The minimum absolute atomic E-state index is 0.188. The monoisotopic (exact) mass is 427 g/mol. The molecule has 0 fully saturated rings. The van der Waals surface area contributed by atoms with Gasteiger partial charge < -0.3 is 19.8 Å². The van der Waals surface area contributed by atoms with E-state index in [1.807, 2.05) is 49.4 Å². The molecule has 0 radical (unpaired) electrons. The number of hydrogen-bond donors (Lipinski definition) is 2. The van der Waals surface area contributed by atoms with Gasteiger partial charge in [0.2, 0.25) is 0 Å². The molecule has 2 heterocycles. The molecule has 0 saturated heterocycles. The van der Waals surface area contributed by atoms with Crippen LogP contribution < -0.4 is 15.4 Å². The number of alkyl halides is 3. The van der Waals surface area contributed by atoms with E-state index in [2.05, 4.69) is 20.4 Å². The average Bonchev–Trinajstić information content (AvgIpc) is 3.15. The van der Waals surface area contributed by atoms with Crippen molar-refractivity contribution >= 4 is 22.4 Å². The van der Waals surface area contributed by atoms with Gasteiger partial charge in [0.05, 0.1) is 12.1 Å². The number of anilines is 2. The summed E-state index contributed by atoms with van der Waals surface area (Å²) in [6.45, 7) is 2.62. The normalized spacial score (nSPS) is 11.5. The quantitative estimate of drug-likeness (QED) is 0.365. The third-order valence-electron chi connectivity index (χ3n) is 4.61. The number of nitrogens with zero attached hydrogens (tertiary/aromatic N) is 1. The molecule has 0 unspecified atom stereocenters. The van der Waals surface area contributed by atoms with Crippen molar-refractivity contribution in [3.8, 4) is 5.75 Å². The van der Waals surface area contributed by atoms with Crippen LogP contribution in [-0.4, -0.2) is 11.3 Å². The van der Waals surface area contributed by atoms with Gasteiger partial charge >= 0.3 is 6.36 Å². The lowest BCUT2D eigenvalue weighted by Gasteiger charge is -2.14.